The quantitative estimate of drug-likeness (QED) is 0.346. The Balaban J connectivity index is 1.40. The molecular weight excluding hydrogens is 374 g/mol. The van der Waals surface area contributed by atoms with Gasteiger partial charge in [0, 0.05) is 51.4 Å². The van der Waals surface area contributed by atoms with Crippen molar-refractivity contribution in [2.24, 2.45) is 4.99 Å². The molecule has 6 heteroatoms. The standard InChI is InChI=1S/C24H41N5O/c1-3-25-24(26-13-7-14-28-15-11-23(30)12-16-28)27-22-10-17-29(20(2)18-22)19-21-8-5-4-6-9-21/h4-6,8-9,20,22-23,30H,3,7,10-19H2,1-2H3,(H2,25,26,27). The number of hydrogen-bond acceptors (Lipinski definition) is 4. The minimum Gasteiger partial charge on any atom is -0.393 e. The summed E-state index contributed by atoms with van der Waals surface area (Å²) >= 11 is 0. The van der Waals surface area contributed by atoms with E-state index in [-0.39, 0.29) is 6.10 Å². The third kappa shape index (κ3) is 7.56. The highest BCUT2D eigenvalue weighted by Crippen LogP contribution is 2.20. The first-order chi connectivity index (χ1) is 14.6. The molecule has 30 heavy (non-hydrogen) atoms. The van der Waals surface area contributed by atoms with Crippen LogP contribution in [0.2, 0.25) is 0 Å². The van der Waals surface area contributed by atoms with Gasteiger partial charge in [-0.2, -0.15) is 0 Å². The van der Waals surface area contributed by atoms with Crippen molar-refractivity contribution in [2.75, 3.05) is 39.3 Å². The summed E-state index contributed by atoms with van der Waals surface area (Å²) in [5, 5.41) is 16.7. The third-order valence-corrected chi connectivity index (χ3v) is 6.39. The second kappa shape index (κ2) is 12.3. The molecule has 2 aliphatic rings. The number of piperidine rings is 2. The van der Waals surface area contributed by atoms with Crippen molar-refractivity contribution in [1.29, 1.82) is 0 Å². The lowest BCUT2D eigenvalue weighted by Crippen LogP contribution is -2.51. The number of nitrogens with one attached hydrogen (secondary N) is 2. The van der Waals surface area contributed by atoms with E-state index < -0.39 is 0 Å². The Morgan fingerprint density at radius 2 is 1.90 bits per heavy atom. The molecular formula is C24H41N5O. The van der Waals surface area contributed by atoms with Crippen LogP contribution in [0.15, 0.2) is 35.3 Å². The largest absolute Gasteiger partial charge is 0.393 e. The number of likely N-dealkylation sites (tertiary alicyclic amines) is 2. The average molecular weight is 416 g/mol. The maximum atomic E-state index is 9.63. The molecule has 2 atom stereocenters. The van der Waals surface area contributed by atoms with Crippen LogP contribution in [0, 0.1) is 0 Å². The van der Waals surface area contributed by atoms with Crippen molar-refractivity contribution in [3.63, 3.8) is 0 Å². The fourth-order valence-corrected chi connectivity index (χ4v) is 4.55. The number of aliphatic hydroxyl groups excluding tert-OH is 1. The number of benzene rings is 1. The van der Waals surface area contributed by atoms with Gasteiger partial charge in [0.15, 0.2) is 5.96 Å². The zero-order valence-corrected chi connectivity index (χ0v) is 18.9. The second-order valence-electron chi connectivity index (χ2n) is 8.86. The van der Waals surface area contributed by atoms with Crippen molar-refractivity contribution in [2.45, 2.75) is 70.7 Å². The summed E-state index contributed by atoms with van der Waals surface area (Å²) in [6.07, 6.45) is 5.10. The number of rotatable bonds is 8. The molecule has 0 aromatic heterocycles. The van der Waals surface area contributed by atoms with E-state index in [1.807, 2.05) is 0 Å². The van der Waals surface area contributed by atoms with Gasteiger partial charge < -0.3 is 20.6 Å². The Morgan fingerprint density at radius 3 is 2.60 bits per heavy atom. The number of hydrogen-bond donors (Lipinski definition) is 3. The molecule has 1 aromatic carbocycles. The van der Waals surface area contributed by atoms with Gasteiger partial charge in [-0.3, -0.25) is 9.89 Å². The van der Waals surface area contributed by atoms with Crippen LogP contribution in [0.1, 0.15) is 51.5 Å². The monoisotopic (exact) mass is 415 g/mol. The highest BCUT2D eigenvalue weighted by molar-refractivity contribution is 5.80. The first-order valence-corrected chi connectivity index (χ1v) is 11.9. The molecule has 3 rings (SSSR count). The molecule has 0 bridgehead atoms. The van der Waals surface area contributed by atoms with Gasteiger partial charge in [0.1, 0.15) is 0 Å². The van der Waals surface area contributed by atoms with Gasteiger partial charge in [-0.1, -0.05) is 30.3 Å². The van der Waals surface area contributed by atoms with Gasteiger partial charge in [-0.05, 0) is 58.1 Å². The van der Waals surface area contributed by atoms with E-state index in [0.29, 0.717) is 12.1 Å². The van der Waals surface area contributed by atoms with E-state index in [1.165, 1.54) is 5.56 Å². The number of nitrogens with zero attached hydrogens (tertiary/aromatic N) is 3. The van der Waals surface area contributed by atoms with Gasteiger partial charge in [-0.15, -0.1) is 0 Å². The van der Waals surface area contributed by atoms with Crippen molar-refractivity contribution in [3.8, 4) is 0 Å². The minimum atomic E-state index is -0.0923. The Bertz CT molecular complexity index is 630. The average Bonchev–Trinajstić information content (AvgIpc) is 2.75. The molecule has 6 nitrogen and oxygen atoms in total. The zero-order valence-electron chi connectivity index (χ0n) is 18.9. The first-order valence-electron chi connectivity index (χ1n) is 11.9. The van der Waals surface area contributed by atoms with Gasteiger partial charge in [0.2, 0.25) is 0 Å². The fraction of sp³-hybridized carbons (Fsp3) is 0.708. The van der Waals surface area contributed by atoms with Gasteiger partial charge in [-0.25, -0.2) is 0 Å². The second-order valence-corrected chi connectivity index (χ2v) is 8.86. The molecule has 2 unspecified atom stereocenters. The van der Waals surface area contributed by atoms with Crippen LogP contribution in [-0.4, -0.2) is 78.3 Å². The minimum absolute atomic E-state index is 0.0923. The Morgan fingerprint density at radius 1 is 1.13 bits per heavy atom. The van der Waals surface area contributed by atoms with Gasteiger partial charge >= 0.3 is 0 Å². The van der Waals surface area contributed by atoms with Crippen LogP contribution in [0.4, 0.5) is 0 Å². The number of aliphatic imine (C=N–C) groups is 1. The molecule has 0 saturated carbocycles. The van der Waals surface area contributed by atoms with Crippen LogP contribution in [0.5, 0.6) is 0 Å². The molecule has 1 aromatic rings. The lowest BCUT2D eigenvalue weighted by Gasteiger charge is -2.38. The SMILES string of the molecule is CCNC(=NCCCN1CCC(O)CC1)NC1CCN(Cc2ccccc2)C(C)C1. The Kier molecular flexibility index (Phi) is 9.43. The van der Waals surface area contributed by atoms with Crippen molar-refractivity contribution in [3.05, 3.63) is 35.9 Å². The summed E-state index contributed by atoms with van der Waals surface area (Å²) < 4.78 is 0. The molecule has 168 valence electrons. The lowest BCUT2D eigenvalue weighted by atomic mass is 9.97. The topological polar surface area (TPSA) is 63.1 Å². The van der Waals surface area contributed by atoms with Crippen LogP contribution >= 0.6 is 0 Å². The first kappa shape index (κ1) is 23.0. The number of guanidine groups is 1. The molecule has 2 fully saturated rings. The highest BCUT2D eigenvalue weighted by atomic mass is 16.3. The third-order valence-electron chi connectivity index (χ3n) is 6.39. The van der Waals surface area contributed by atoms with E-state index in [4.69, 9.17) is 4.99 Å². The number of aliphatic hydroxyl groups is 1. The van der Waals surface area contributed by atoms with Gasteiger partial charge in [0.25, 0.3) is 0 Å². The summed E-state index contributed by atoms with van der Waals surface area (Å²) in [4.78, 5) is 9.87. The maximum absolute atomic E-state index is 9.63. The van der Waals surface area contributed by atoms with Crippen LogP contribution in [-0.2, 0) is 6.54 Å². The summed E-state index contributed by atoms with van der Waals surface area (Å²) in [5.41, 5.74) is 1.40. The predicted octanol–water partition coefficient (Wildman–Crippen LogP) is 2.44. The normalized spacial score (nSPS) is 24.7. The smallest absolute Gasteiger partial charge is 0.191 e. The zero-order chi connectivity index (χ0) is 21.2. The van der Waals surface area contributed by atoms with Crippen LogP contribution in [0.3, 0.4) is 0 Å². The molecule has 0 amide bonds. The Labute approximate surface area is 182 Å². The summed E-state index contributed by atoms with van der Waals surface area (Å²) in [5.74, 6) is 0.959. The van der Waals surface area contributed by atoms with Crippen LogP contribution < -0.4 is 10.6 Å². The van der Waals surface area contributed by atoms with E-state index in [1.54, 1.807) is 0 Å². The molecule has 3 N–H and O–H groups in total. The lowest BCUT2D eigenvalue weighted by molar-refractivity contribution is 0.0824. The van der Waals surface area contributed by atoms with E-state index in [9.17, 15) is 5.11 Å². The molecule has 0 spiro atoms. The highest BCUT2D eigenvalue weighted by Gasteiger charge is 2.26. The summed E-state index contributed by atoms with van der Waals surface area (Å²) in [6.45, 7) is 11.5. The maximum Gasteiger partial charge on any atom is 0.191 e. The van der Waals surface area contributed by atoms with Crippen molar-refractivity contribution in [1.82, 2.24) is 20.4 Å². The molecule has 2 saturated heterocycles. The van der Waals surface area contributed by atoms with Crippen molar-refractivity contribution < 1.29 is 5.11 Å². The van der Waals surface area contributed by atoms with E-state index in [2.05, 4.69) is 64.6 Å². The molecule has 0 aliphatic carbocycles. The predicted molar refractivity (Wildman–Crippen MR) is 125 cm³/mol. The van der Waals surface area contributed by atoms with E-state index in [0.717, 1.165) is 83.9 Å². The summed E-state index contributed by atoms with van der Waals surface area (Å²) in [7, 11) is 0. The summed E-state index contributed by atoms with van der Waals surface area (Å²) in [6, 6.07) is 11.8. The molecule has 0 radical (unpaired) electrons. The van der Waals surface area contributed by atoms with Crippen LogP contribution in [0.25, 0.3) is 0 Å². The van der Waals surface area contributed by atoms with Gasteiger partial charge in [0.05, 0.1) is 6.10 Å². The van der Waals surface area contributed by atoms with E-state index >= 15 is 0 Å². The van der Waals surface area contributed by atoms with Crippen molar-refractivity contribution >= 4 is 5.96 Å². The fourth-order valence-electron chi connectivity index (χ4n) is 4.55. The molecule has 2 aliphatic heterocycles. The molecule has 2 heterocycles. The Hall–Kier alpha value is -1.63.